The molecule has 2 amide bonds. The first-order valence-corrected chi connectivity index (χ1v) is 9.39. The monoisotopic (exact) mass is 351 g/mol. The van der Waals surface area contributed by atoms with E-state index in [2.05, 4.69) is 21.7 Å². The van der Waals surface area contributed by atoms with Gasteiger partial charge in [-0.15, -0.1) is 11.3 Å². The second-order valence-electron chi connectivity index (χ2n) is 5.40. The summed E-state index contributed by atoms with van der Waals surface area (Å²) in [5.41, 5.74) is 1.02. The van der Waals surface area contributed by atoms with E-state index in [0.717, 1.165) is 22.0 Å². The van der Waals surface area contributed by atoms with Crippen LogP contribution in [-0.4, -0.2) is 35.1 Å². The summed E-state index contributed by atoms with van der Waals surface area (Å²) in [6.07, 6.45) is 1.19. The molecule has 0 fully saturated rings. The van der Waals surface area contributed by atoms with Crippen molar-refractivity contribution >= 4 is 45.1 Å². The smallest absolute Gasteiger partial charge is 0.239 e. The van der Waals surface area contributed by atoms with E-state index in [9.17, 15) is 9.59 Å². The molecular weight excluding hydrogens is 330 g/mol. The van der Waals surface area contributed by atoms with Gasteiger partial charge in [0.05, 0.1) is 16.8 Å². The van der Waals surface area contributed by atoms with Crippen molar-refractivity contribution in [1.82, 2.24) is 15.6 Å². The number of para-hydroxylation sites is 1. The van der Waals surface area contributed by atoms with Gasteiger partial charge >= 0.3 is 0 Å². The number of benzene rings is 1. The molecule has 0 saturated carbocycles. The third kappa shape index (κ3) is 6.19. The highest BCUT2D eigenvalue weighted by atomic mass is 32.2. The second kappa shape index (κ2) is 8.88. The molecule has 0 aliphatic rings. The van der Waals surface area contributed by atoms with E-state index in [1.54, 1.807) is 23.1 Å². The summed E-state index contributed by atoms with van der Waals surface area (Å²) in [7, 11) is 0. The molecule has 0 aliphatic heterocycles. The SMILES string of the molecule is CC(C)NC(=O)CNC(=O)CCCSc1nc2ccccc2s1. The molecule has 1 aromatic heterocycles. The molecule has 0 atom stereocenters. The summed E-state index contributed by atoms with van der Waals surface area (Å²) in [5.74, 6) is 0.594. The molecule has 1 aromatic carbocycles. The summed E-state index contributed by atoms with van der Waals surface area (Å²) in [6, 6.07) is 8.15. The Morgan fingerprint density at radius 3 is 2.78 bits per heavy atom. The van der Waals surface area contributed by atoms with Crippen LogP contribution >= 0.6 is 23.1 Å². The number of carbonyl (C=O) groups is 2. The number of hydrogen-bond acceptors (Lipinski definition) is 5. The van der Waals surface area contributed by atoms with Crippen molar-refractivity contribution in [2.24, 2.45) is 0 Å². The molecule has 7 heteroatoms. The lowest BCUT2D eigenvalue weighted by Crippen LogP contribution is -2.39. The third-order valence-electron chi connectivity index (χ3n) is 2.94. The minimum absolute atomic E-state index is 0.0437. The predicted octanol–water partition coefficient (Wildman–Crippen LogP) is 2.81. The number of thioether (sulfide) groups is 1. The van der Waals surface area contributed by atoms with E-state index < -0.39 is 0 Å². The number of rotatable bonds is 8. The largest absolute Gasteiger partial charge is 0.352 e. The van der Waals surface area contributed by atoms with Crippen molar-refractivity contribution in [1.29, 1.82) is 0 Å². The van der Waals surface area contributed by atoms with Gasteiger partial charge in [0.1, 0.15) is 0 Å². The van der Waals surface area contributed by atoms with Gasteiger partial charge in [-0.2, -0.15) is 0 Å². The topological polar surface area (TPSA) is 71.1 Å². The van der Waals surface area contributed by atoms with E-state index in [1.807, 2.05) is 32.0 Å². The Kier molecular flexibility index (Phi) is 6.85. The van der Waals surface area contributed by atoms with E-state index in [-0.39, 0.29) is 24.4 Å². The Bertz CT molecular complexity index is 637. The fraction of sp³-hybridized carbons (Fsp3) is 0.438. The lowest BCUT2D eigenvalue weighted by Gasteiger charge is -2.09. The third-order valence-corrected chi connectivity index (χ3v) is 5.21. The Labute approximate surface area is 144 Å². The quantitative estimate of drug-likeness (QED) is 0.567. The standard InChI is InChI=1S/C16H21N3O2S2/c1-11(2)18-15(21)10-17-14(20)8-5-9-22-16-19-12-6-3-4-7-13(12)23-16/h3-4,6-7,11H,5,8-10H2,1-2H3,(H,17,20)(H,18,21). The van der Waals surface area contributed by atoms with Crippen molar-refractivity contribution in [3.8, 4) is 0 Å². The maximum Gasteiger partial charge on any atom is 0.239 e. The summed E-state index contributed by atoms with van der Waals surface area (Å²) < 4.78 is 2.21. The lowest BCUT2D eigenvalue weighted by atomic mass is 10.3. The van der Waals surface area contributed by atoms with Crippen molar-refractivity contribution < 1.29 is 9.59 Å². The minimum atomic E-state index is -0.155. The van der Waals surface area contributed by atoms with Crippen molar-refractivity contribution in [2.75, 3.05) is 12.3 Å². The van der Waals surface area contributed by atoms with Crippen LogP contribution in [0.3, 0.4) is 0 Å². The molecule has 2 rings (SSSR count). The Hall–Kier alpha value is -1.60. The van der Waals surface area contributed by atoms with Gasteiger partial charge in [-0.1, -0.05) is 23.9 Å². The molecule has 1 heterocycles. The molecular formula is C16H21N3O2S2. The zero-order chi connectivity index (χ0) is 16.7. The van der Waals surface area contributed by atoms with Gasteiger partial charge in [-0.3, -0.25) is 9.59 Å². The van der Waals surface area contributed by atoms with Crippen LogP contribution < -0.4 is 10.6 Å². The maximum atomic E-state index is 11.7. The zero-order valence-corrected chi connectivity index (χ0v) is 14.9. The number of aromatic nitrogens is 1. The molecule has 5 nitrogen and oxygen atoms in total. The van der Waals surface area contributed by atoms with Crippen LogP contribution in [0.5, 0.6) is 0 Å². The van der Waals surface area contributed by atoms with Crippen LogP contribution in [0, 0.1) is 0 Å². The Morgan fingerprint density at radius 1 is 1.26 bits per heavy atom. The van der Waals surface area contributed by atoms with E-state index in [0.29, 0.717) is 6.42 Å². The maximum absolute atomic E-state index is 11.7. The van der Waals surface area contributed by atoms with E-state index in [4.69, 9.17) is 0 Å². The van der Waals surface area contributed by atoms with Gasteiger partial charge in [0, 0.05) is 18.2 Å². The molecule has 0 radical (unpaired) electrons. The van der Waals surface area contributed by atoms with Gasteiger partial charge in [0.15, 0.2) is 4.34 Å². The van der Waals surface area contributed by atoms with Crippen LogP contribution in [0.15, 0.2) is 28.6 Å². The van der Waals surface area contributed by atoms with Gasteiger partial charge < -0.3 is 10.6 Å². The van der Waals surface area contributed by atoms with Crippen LogP contribution in [0.25, 0.3) is 10.2 Å². The van der Waals surface area contributed by atoms with Crippen molar-refractivity contribution in [3.63, 3.8) is 0 Å². The van der Waals surface area contributed by atoms with Crippen molar-refractivity contribution in [3.05, 3.63) is 24.3 Å². The summed E-state index contributed by atoms with van der Waals surface area (Å²) >= 11 is 3.34. The Balaban J connectivity index is 1.63. The number of hydrogen-bond donors (Lipinski definition) is 2. The second-order valence-corrected chi connectivity index (χ2v) is 7.77. The summed E-state index contributed by atoms with van der Waals surface area (Å²) in [5, 5.41) is 5.37. The van der Waals surface area contributed by atoms with Gasteiger partial charge in [0.25, 0.3) is 0 Å². The molecule has 124 valence electrons. The highest BCUT2D eigenvalue weighted by Gasteiger charge is 2.07. The van der Waals surface area contributed by atoms with E-state index in [1.165, 1.54) is 4.70 Å². The lowest BCUT2D eigenvalue weighted by molar-refractivity contribution is -0.126. The minimum Gasteiger partial charge on any atom is -0.352 e. The summed E-state index contributed by atoms with van der Waals surface area (Å²) in [6.45, 7) is 3.82. The first-order valence-electron chi connectivity index (χ1n) is 7.59. The highest BCUT2D eigenvalue weighted by Crippen LogP contribution is 2.29. The zero-order valence-electron chi connectivity index (χ0n) is 13.3. The molecule has 2 aromatic rings. The summed E-state index contributed by atoms with van der Waals surface area (Å²) in [4.78, 5) is 27.6. The molecule has 0 aliphatic carbocycles. The molecule has 0 unspecified atom stereocenters. The fourth-order valence-corrected chi connectivity index (χ4v) is 4.02. The molecule has 0 bridgehead atoms. The van der Waals surface area contributed by atoms with Crippen LogP contribution in [0.4, 0.5) is 0 Å². The van der Waals surface area contributed by atoms with Crippen molar-refractivity contribution in [2.45, 2.75) is 37.1 Å². The number of nitrogens with one attached hydrogen (secondary N) is 2. The fourth-order valence-electron chi connectivity index (χ4n) is 1.95. The highest BCUT2D eigenvalue weighted by molar-refractivity contribution is 8.01. The molecule has 2 N–H and O–H groups in total. The average molecular weight is 351 g/mol. The average Bonchev–Trinajstić information content (AvgIpc) is 2.91. The molecule has 0 spiro atoms. The number of thiazole rings is 1. The van der Waals surface area contributed by atoms with Crippen LogP contribution in [0.1, 0.15) is 26.7 Å². The molecule has 23 heavy (non-hydrogen) atoms. The van der Waals surface area contributed by atoms with Gasteiger partial charge in [-0.05, 0) is 32.4 Å². The van der Waals surface area contributed by atoms with Gasteiger partial charge in [-0.25, -0.2) is 4.98 Å². The Morgan fingerprint density at radius 2 is 2.04 bits per heavy atom. The number of fused-ring (bicyclic) bond motifs is 1. The number of amides is 2. The normalized spacial score (nSPS) is 10.9. The van der Waals surface area contributed by atoms with Gasteiger partial charge in [0.2, 0.25) is 11.8 Å². The number of carbonyl (C=O) groups excluding carboxylic acids is 2. The van der Waals surface area contributed by atoms with E-state index >= 15 is 0 Å². The predicted molar refractivity (Wildman–Crippen MR) is 95.9 cm³/mol. The van der Waals surface area contributed by atoms with Crippen LogP contribution in [0.2, 0.25) is 0 Å². The van der Waals surface area contributed by atoms with Crippen LogP contribution in [-0.2, 0) is 9.59 Å². The first kappa shape index (κ1) is 17.7. The molecule has 0 saturated heterocycles. The number of nitrogens with zero attached hydrogens (tertiary/aromatic N) is 1. The first-order chi connectivity index (χ1) is 11.0.